The Morgan fingerprint density at radius 2 is 2.08 bits per heavy atom. The number of benzene rings is 1. The summed E-state index contributed by atoms with van der Waals surface area (Å²) in [6.07, 6.45) is 1.43. The highest BCUT2D eigenvalue weighted by Crippen LogP contribution is 2.12. The Labute approximate surface area is 75.6 Å². The van der Waals surface area contributed by atoms with Crippen LogP contribution in [0.25, 0.3) is 0 Å². The highest BCUT2D eigenvalue weighted by molar-refractivity contribution is 7.89. The minimum Gasteiger partial charge on any atom is -0.318 e. The molecule has 1 amide bonds. The van der Waals surface area contributed by atoms with Crippen molar-refractivity contribution in [1.29, 1.82) is 0 Å². The van der Waals surface area contributed by atoms with Crippen LogP contribution in [0.5, 0.6) is 0 Å². The van der Waals surface area contributed by atoms with Gasteiger partial charge in [0.1, 0.15) is 0 Å². The van der Waals surface area contributed by atoms with E-state index >= 15 is 0 Å². The molecule has 0 heterocycles. The minimum atomic E-state index is -3.71. The maximum absolute atomic E-state index is 10.8. The molecule has 1 rings (SSSR count). The Bertz CT molecular complexity index is 414. The predicted octanol–water partition coefficient (Wildman–Crippen LogP) is -0.187. The van der Waals surface area contributed by atoms with Gasteiger partial charge < -0.3 is 5.32 Å². The molecule has 0 aliphatic rings. The van der Waals surface area contributed by atoms with Gasteiger partial charge in [-0.25, -0.2) is 13.6 Å². The Kier molecular flexibility index (Phi) is 2.64. The van der Waals surface area contributed by atoms with Crippen LogP contribution in [-0.4, -0.2) is 14.8 Å². The quantitative estimate of drug-likeness (QED) is 0.661. The SMILES string of the molecule is NS(=O)(=O)c1cccc(N[C]=O)c1. The summed E-state index contributed by atoms with van der Waals surface area (Å²) in [6.45, 7) is 0. The van der Waals surface area contributed by atoms with Crippen molar-refractivity contribution in [3.8, 4) is 0 Å². The van der Waals surface area contributed by atoms with Crippen molar-refractivity contribution < 1.29 is 13.2 Å². The van der Waals surface area contributed by atoms with E-state index in [0.29, 0.717) is 5.69 Å². The summed E-state index contributed by atoms with van der Waals surface area (Å²) in [4.78, 5) is 9.87. The molecule has 13 heavy (non-hydrogen) atoms. The van der Waals surface area contributed by atoms with Gasteiger partial charge in [0.25, 0.3) is 0 Å². The van der Waals surface area contributed by atoms with Crippen LogP contribution in [0.1, 0.15) is 0 Å². The van der Waals surface area contributed by atoms with Crippen molar-refractivity contribution in [2.24, 2.45) is 5.14 Å². The molecule has 0 unspecified atom stereocenters. The predicted molar refractivity (Wildman–Crippen MR) is 47.1 cm³/mol. The van der Waals surface area contributed by atoms with Crippen LogP contribution in [-0.2, 0) is 14.8 Å². The van der Waals surface area contributed by atoms with Crippen LogP contribution in [0, 0.1) is 0 Å². The number of nitrogens with two attached hydrogens (primary N) is 1. The lowest BCUT2D eigenvalue weighted by Crippen LogP contribution is -2.12. The second kappa shape index (κ2) is 3.55. The highest BCUT2D eigenvalue weighted by Gasteiger charge is 2.07. The fourth-order valence-electron chi connectivity index (χ4n) is 0.810. The summed E-state index contributed by atoms with van der Waals surface area (Å²) in [7, 11) is -3.71. The summed E-state index contributed by atoms with van der Waals surface area (Å²) < 4.78 is 21.7. The average Bonchev–Trinajstić information content (AvgIpc) is 2.04. The molecule has 1 aromatic rings. The van der Waals surface area contributed by atoms with Gasteiger partial charge in [0, 0.05) is 5.69 Å². The van der Waals surface area contributed by atoms with E-state index in [0.717, 1.165) is 0 Å². The molecule has 69 valence electrons. The average molecular weight is 199 g/mol. The molecule has 1 aromatic carbocycles. The van der Waals surface area contributed by atoms with Gasteiger partial charge >= 0.3 is 6.41 Å². The number of hydrogen-bond acceptors (Lipinski definition) is 3. The molecule has 0 aliphatic heterocycles. The van der Waals surface area contributed by atoms with Gasteiger partial charge in [0.05, 0.1) is 4.90 Å². The molecular formula is C7H7N2O3S. The number of rotatable bonds is 3. The third kappa shape index (κ3) is 2.53. The van der Waals surface area contributed by atoms with E-state index < -0.39 is 10.0 Å². The molecule has 1 radical (unpaired) electrons. The zero-order valence-corrected chi connectivity index (χ0v) is 7.34. The van der Waals surface area contributed by atoms with Gasteiger partial charge in [0.2, 0.25) is 10.0 Å². The monoisotopic (exact) mass is 199 g/mol. The van der Waals surface area contributed by atoms with Crippen LogP contribution < -0.4 is 10.5 Å². The molecule has 0 atom stereocenters. The maximum atomic E-state index is 10.8. The molecule has 0 bridgehead atoms. The van der Waals surface area contributed by atoms with E-state index in [1.807, 2.05) is 0 Å². The summed E-state index contributed by atoms with van der Waals surface area (Å²) >= 11 is 0. The number of nitrogens with one attached hydrogen (secondary N) is 1. The number of sulfonamides is 1. The van der Waals surface area contributed by atoms with Gasteiger partial charge in [-0.1, -0.05) is 6.07 Å². The van der Waals surface area contributed by atoms with Crippen LogP contribution in [0.2, 0.25) is 0 Å². The fraction of sp³-hybridized carbons (Fsp3) is 0. The molecule has 0 spiro atoms. The van der Waals surface area contributed by atoms with E-state index in [-0.39, 0.29) is 4.90 Å². The smallest absolute Gasteiger partial charge is 0.314 e. The number of primary sulfonamides is 1. The first-order valence-electron chi connectivity index (χ1n) is 3.30. The van der Waals surface area contributed by atoms with Gasteiger partial charge in [-0.15, -0.1) is 0 Å². The zero-order chi connectivity index (χ0) is 9.90. The van der Waals surface area contributed by atoms with Gasteiger partial charge in [-0.3, -0.25) is 4.79 Å². The normalized spacial score (nSPS) is 10.8. The Balaban J connectivity index is 3.13. The minimum absolute atomic E-state index is 0.0484. The molecule has 5 nitrogen and oxygen atoms in total. The molecule has 0 saturated carbocycles. The molecule has 3 N–H and O–H groups in total. The Morgan fingerprint density at radius 1 is 1.38 bits per heavy atom. The number of hydrogen-bond donors (Lipinski definition) is 2. The van der Waals surface area contributed by atoms with Crippen LogP contribution >= 0.6 is 0 Å². The van der Waals surface area contributed by atoms with Gasteiger partial charge in [0.15, 0.2) is 0 Å². The summed E-state index contributed by atoms with van der Waals surface area (Å²) in [5.74, 6) is 0. The van der Waals surface area contributed by atoms with Crippen LogP contribution in [0.3, 0.4) is 0 Å². The Morgan fingerprint density at radius 3 is 2.62 bits per heavy atom. The first-order valence-corrected chi connectivity index (χ1v) is 4.84. The molecule has 6 heteroatoms. The molecule has 0 aromatic heterocycles. The van der Waals surface area contributed by atoms with Crippen LogP contribution in [0.4, 0.5) is 5.69 Å². The van der Waals surface area contributed by atoms with E-state index in [1.165, 1.54) is 30.7 Å². The highest BCUT2D eigenvalue weighted by atomic mass is 32.2. The first kappa shape index (κ1) is 9.69. The summed E-state index contributed by atoms with van der Waals surface area (Å²) in [5.41, 5.74) is 0.335. The van der Waals surface area contributed by atoms with Crippen molar-refractivity contribution in [3.63, 3.8) is 0 Å². The van der Waals surface area contributed by atoms with E-state index in [9.17, 15) is 13.2 Å². The molecular weight excluding hydrogens is 192 g/mol. The summed E-state index contributed by atoms with van der Waals surface area (Å²) in [5, 5.41) is 7.06. The second-order valence-corrected chi connectivity index (χ2v) is 3.86. The van der Waals surface area contributed by atoms with Crippen molar-refractivity contribution >= 4 is 22.1 Å². The largest absolute Gasteiger partial charge is 0.318 e. The van der Waals surface area contributed by atoms with Crippen molar-refractivity contribution in [1.82, 2.24) is 0 Å². The number of anilines is 1. The van der Waals surface area contributed by atoms with Gasteiger partial charge in [-0.05, 0) is 18.2 Å². The van der Waals surface area contributed by atoms with Crippen molar-refractivity contribution in [2.75, 3.05) is 5.32 Å². The molecule has 0 aliphatic carbocycles. The maximum Gasteiger partial charge on any atom is 0.314 e. The summed E-state index contributed by atoms with van der Waals surface area (Å²) in [6, 6.07) is 5.59. The van der Waals surface area contributed by atoms with Crippen molar-refractivity contribution in [3.05, 3.63) is 24.3 Å². The van der Waals surface area contributed by atoms with E-state index in [2.05, 4.69) is 5.32 Å². The third-order valence-corrected chi connectivity index (χ3v) is 2.27. The first-order chi connectivity index (χ1) is 6.04. The standard InChI is InChI=1S/C7H7N2O3S/c8-13(11,12)7-3-1-2-6(4-7)9-5-10/h1-4H,(H,9,10)(H2,8,11,12). The molecule has 0 saturated heterocycles. The lowest BCUT2D eigenvalue weighted by Gasteiger charge is -2.00. The lowest BCUT2D eigenvalue weighted by atomic mass is 10.3. The number of amides is 1. The topological polar surface area (TPSA) is 89.3 Å². The van der Waals surface area contributed by atoms with E-state index in [4.69, 9.17) is 5.14 Å². The number of carbonyl (C=O) groups excluding carboxylic acids is 1. The van der Waals surface area contributed by atoms with E-state index in [1.54, 1.807) is 0 Å². The lowest BCUT2D eigenvalue weighted by molar-refractivity contribution is 0.561. The third-order valence-electron chi connectivity index (χ3n) is 1.36. The second-order valence-electron chi connectivity index (χ2n) is 2.30. The fourth-order valence-corrected chi connectivity index (χ4v) is 1.37. The van der Waals surface area contributed by atoms with Crippen LogP contribution in [0.15, 0.2) is 29.2 Å². The Hall–Kier alpha value is -1.40. The van der Waals surface area contributed by atoms with Crippen molar-refractivity contribution in [2.45, 2.75) is 4.90 Å². The van der Waals surface area contributed by atoms with Gasteiger partial charge in [-0.2, -0.15) is 0 Å². The molecule has 0 fully saturated rings. The zero-order valence-electron chi connectivity index (χ0n) is 6.52.